The van der Waals surface area contributed by atoms with Gasteiger partial charge in [0.05, 0.1) is 11.5 Å². The summed E-state index contributed by atoms with van der Waals surface area (Å²) in [7, 11) is 0. The number of aromatic hydroxyl groups is 1. The summed E-state index contributed by atoms with van der Waals surface area (Å²) in [6.07, 6.45) is 1.91. The molecule has 112 valence electrons. The van der Waals surface area contributed by atoms with Crippen LogP contribution in [0.2, 0.25) is 0 Å². The van der Waals surface area contributed by atoms with Gasteiger partial charge in [0.25, 0.3) is 0 Å². The van der Waals surface area contributed by atoms with Gasteiger partial charge >= 0.3 is 0 Å². The zero-order valence-electron chi connectivity index (χ0n) is 12.6. The van der Waals surface area contributed by atoms with E-state index in [4.69, 9.17) is 0 Å². The van der Waals surface area contributed by atoms with Crippen molar-refractivity contribution < 1.29 is 9.90 Å². The molecule has 0 saturated carbocycles. The van der Waals surface area contributed by atoms with Crippen molar-refractivity contribution in [2.24, 2.45) is 5.41 Å². The molecule has 22 heavy (non-hydrogen) atoms. The minimum atomic E-state index is -0.368. The lowest BCUT2D eigenvalue weighted by molar-refractivity contribution is 0.0760. The standard InChI is InChI=1S/C19H19NO2/c1-19-10-5-11-20(13-6-4-7-14(21)12-13)17(19)15-8-2-3-9-16(15)18(19)22/h2-4,6-9,12,17,21H,5,10-11H2,1H3/t17-,19-/m0/s1. The number of phenolic OH excluding ortho intramolecular Hbond substituents is 1. The minimum Gasteiger partial charge on any atom is -0.508 e. The van der Waals surface area contributed by atoms with Crippen LogP contribution in [-0.2, 0) is 0 Å². The van der Waals surface area contributed by atoms with Gasteiger partial charge in [-0.1, -0.05) is 30.3 Å². The molecule has 0 aromatic heterocycles. The van der Waals surface area contributed by atoms with E-state index in [9.17, 15) is 9.90 Å². The Labute approximate surface area is 130 Å². The fourth-order valence-corrected chi connectivity index (χ4v) is 4.17. The summed E-state index contributed by atoms with van der Waals surface area (Å²) in [6, 6.07) is 15.4. The van der Waals surface area contributed by atoms with Crippen molar-refractivity contribution in [2.45, 2.75) is 25.8 Å². The quantitative estimate of drug-likeness (QED) is 0.866. The largest absolute Gasteiger partial charge is 0.508 e. The van der Waals surface area contributed by atoms with E-state index in [0.29, 0.717) is 0 Å². The molecule has 3 nitrogen and oxygen atoms in total. The molecule has 2 aliphatic rings. The van der Waals surface area contributed by atoms with E-state index < -0.39 is 0 Å². The van der Waals surface area contributed by atoms with Crippen LogP contribution in [0.25, 0.3) is 0 Å². The number of hydrogen-bond donors (Lipinski definition) is 1. The number of nitrogens with zero attached hydrogens (tertiary/aromatic N) is 1. The van der Waals surface area contributed by atoms with Crippen molar-refractivity contribution in [3.63, 3.8) is 0 Å². The number of carbonyl (C=O) groups is 1. The number of anilines is 1. The van der Waals surface area contributed by atoms with Gasteiger partial charge in [0.2, 0.25) is 0 Å². The van der Waals surface area contributed by atoms with E-state index in [0.717, 1.165) is 36.2 Å². The smallest absolute Gasteiger partial charge is 0.171 e. The molecule has 1 aliphatic carbocycles. The summed E-state index contributed by atoms with van der Waals surface area (Å²) in [5.74, 6) is 0.528. The molecule has 3 heteroatoms. The predicted octanol–water partition coefficient (Wildman–Crippen LogP) is 3.94. The Morgan fingerprint density at radius 3 is 2.82 bits per heavy atom. The van der Waals surface area contributed by atoms with Gasteiger partial charge in [0.1, 0.15) is 5.75 Å². The maximum absolute atomic E-state index is 12.9. The summed E-state index contributed by atoms with van der Waals surface area (Å²) in [5, 5.41) is 9.80. The first-order chi connectivity index (χ1) is 10.6. The molecule has 1 fully saturated rings. The molecule has 0 radical (unpaired) electrons. The van der Waals surface area contributed by atoms with Crippen LogP contribution < -0.4 is 4.90 Å². The topological polar surface area (TPSA) is 40.5 Å². The third-order valence-corrected chi connectivity index (χ3v) is 5.19. The molecule has 1 heterocycles. The molecule has 2 aromatic rings. The van der Waals surface area contributed by atoms with Gasteiger partial charge in [-0.2, -0.15) is 0 Å². The van der Waals surface area contributed by atoms with Gasteiger partial charge in [-0.05, 0) is 37.5 Å². The van der Waals surface area contributed by atoms with Gasteiger partial charge in [0, 0.05) is 23.9 Å². The van der Waals surface area contributed by atoms with Crippen LogP contribution in [0.5, 0.6) is 5.75 Å². The van der Waals surface area contributed by atoms with Crippen molar-refractivity contribution in [1.82, 2.24) is 0 Å². The lowest BCUT2D eigenvalue weighted by atomic mass is 9.74. The highest BCUT2D eigenvalue weighted by molar-refractivity contribution is 6.06. The summed E-state index contributed by atoms with van der Waals surface area (Å²) in [4.78, 5) is 15.2. The molecule has 4 rings (SSSR count). The first-order valence-corrected chi connectivity index (χ1v) is 7.81. The number of benzene rings is 2. The molecule has 0 spiro atoms. The second kappa shape index (κ2) is 4.60. The van der Waals surface area contributed by atoms with Crippen LogP contribution in [0.4, 0.5) is 5.69 Å². The van der Waals surface area contributed by atoms with Crippen LogP contribution in [0, 0.1) is 5.41 Å². The molecule has 0 amide bonds. The number of phenols is 1. The van der Waals surface area contributed by atoms with Crippen molar-refractivity contribution in [1.29, 1.82) is 0 Å². The highest BCUT2D eigenvalue weighted by atomic mass is 16.3. The van der Waals surface area contributed by atoms with E-state index >= 15 is 0 Å². The number of rotatable bonds is 1. The number of hydrogen-bond acceptors (Lipinski definition) is 3. The van der Waals surface area contributed by atoms with Crippen molar-refractivity contribution in [2.75, 3.05) is 11.4 Å². The molecular formula is C19H19NO2. The molecule has 1 aliphatic heterocycles. The third-order valence-electron chi connectivity index (χ3n) is 5.19. The van der Waals surface area contributed by atoms with Gasteiger partial charge in [-0.15, -0.1) is 0 Å². The zero-order valence-corrected chi connectivity index (χ0v) is 12.6. The molecule has 2 aromatic carbocycles. The summed E-state index contributed by atoms with van der Waals surface area (Å²) in [5.41, 5.74) is 2.61. The van der Waals surface area contributed by atoms with E-state index in [1.165, 1.54) is 0 Å². The van der Waals surface area contributed by atoms with Crippen LogP contribution in [0.3, 0.4) is 0 Å². The maximum Gasteiger partial charge on any atom is 0.171 e. The second-order valence-corrected chi connectivity index (χ2v) is 6.55. The average molecular weight is 293 g/mol. The molecule has 2 atom stereocenters. The van der Waals surface area contributed by atoms with Gasteiger partial charge < -0.3 is 10.0 Å². The van der Waals surface area contributed by atoms with E-state index in [-0.39, 0.29) is 23.0 Å². The van der Waals surface area contributed by atoms with Gasteiger partial charge in [-0.3, -0.25) is 4.79 Å². The number of Topliss-reactive ketones (excluding diaryl/α,β-unsaturated/α-hetero) is 1. The molecule has 1 saturated heterocycles. The van der Waals surface area contributed by atoms with Crippen molar-refractivity contribution >= 4 is 11.5 Å². The highest BCUT2D eigenvalue weighted by Crippen LogP contribution is 2.54. The van der Waals surface area contributed by atoms with E-state index in [2.05, 4.69) is 17.9 Å². The minimum absolute atomic E-state index is 0.0618. The van der Waals surface area contributed by atoms with Crippen LogP contribution in [-0.4, -0.2) is 17.4 Å². The average Bonchev–Trinajstić information content (AvgIpc) is 2.76. The third kappa shape index (κ3) is 1.71. The summed E-state index contributed by atoms with van der Waals surface area (Å²) >= 11 is 0. The molecular weight excluding hydrogens is 274 g/mol. The Morgan fingerprint density at radius 2 is 2.00 bits per heavy atom. The number of carbonyl (C=O) groups excluding carboxylic acids is 1. The summed E-state index contributed by atoms with van der Waals surface area (Å²) in [6.45, 7) is 3.00. The van der Waals surface area contributed by atoms with E-state index in [1.807, 2.05) is 30.3 Å². The molecule has 1 N–H and O–H groups in total. The lowest BCUT2D eigenvalue weighted by Crippen LogP contribution is -2.44. The molecule has 0 unspecified atom stereocenters. The highest BCUT2D eigenvalue weighted by Gasteiger charge is 2.53. The zero-order chi connectivity index (χ0) is 15.3. The SMILES string of the molecule is C[C@]12CCCN(c3cccc(O)c3)[C@H]1c1ccccc1C2=O. The Balaban J connectivity index is 1.87. The van der Waals surface area contributed by atoms with Gasteiger partial charge in [-0.25, -0.2) is 0 Å². The fourth-order valence-electron chi connectivity index (χ4n) is 4.17. The van der Waals surface area contributed by atoms with Gasteiger partial charge in [0.15, 0.2) is 5.78 Å². The van der Waals surface area contributed by atoms with Crippen molar-refractivity contribution in [3.05, 3.63) is 59.7 Å². The number of piperidine rings is 1. The Bertz CT molecular complexity index is 755. The Morgan fingerprint density at radius 1 is 1.18 bits per heavy atom. The second-order valence-electron chi connectivity index (χ2n) is 6.55. The predicted molar refractivity (Wildman–Crippen MR) is 86.3 cm³/mol. The Hall–Kier alpha value is -2.29. The molecule has 0 bridgehead atoms. The Kier molecular flexibility index (Phi) is 2.80. The monoisotopic (exact) mass is 293 g/mol. The van der Waals surface area contributed by atoms with Crippen LogP contribution in [0.1, 0.15) is 41.7 Å². The number of ketones is 1. The maximum atomic E-state index is 12.9. The van der Waals surface area contributed by atoms with Crippen molar-refractivity contribution in [3.8, 4) is 5.75 Å². The first-order valence-electron chi connectivity index (χ1n) is 7.81. The van der Waals surface area contributed by atoms with Crippen LogP contribution in [0.15, 0.2) is 48.5 Å². The van der Waals surface area contributed by atoms with Crippen LogP contribution >= 0.6 is 0 Å². The number of fused-ring (bicyclic) bond motifs is 3. The summed E-state index contributed by atoms with van der Waals surface area (Å²) < 4.78 is 0. The van der Waals surface area contributed by atoms with E-state index in [1.54, 1.807) is 12.1 Å². The normalized spacial score (nSPS) is 26.7. The fraction of sp³-hybridized carbons (Fsp3) is 0.316. The first kappa shape index (κ1) is 13.4. The lowest BCUT2D eigenvalue weighted by Gasteiger charge is -2.45.